The maximum atomic E-state index is 11.0. The fourth-order valence-electron chi connectivity index (χ4n) is 2.71. The molecule has 10 heteroatoms. The van der Waals surface area contributed by atoms with E-state index in [1.54, 1.807) is 24.3 Å². The average Bonchev–Trinajstić information content (AvgIpc) is 2.68. The Morgan fingerprint density at radius 2 is 1.03 bits per heavy atom. The van der Waals surface area contributed by atoms with E-state index in [4.69, 9.17) is 56.6 Å². The van der Waals surface area contributed by atoms with Crippen LogP contribution in [0.15, 0.2) is 48.8 Å². The Kier molecular flexibility index (Phi) is 6.63. The molecular formula is C20H10Cl4N2O4. The smallest absolute Gasteiger partial charge is 0.339 e. The molecule has 2 aromatic carbocycles. The molecule has 152 valence electrons. The van der Waals surface area contributed by atoms with Crippen LogP contribution in [0.1, 0.15) is 20.7 Å². The molecule has 0 saturated carbocycles. The van der Waals surface area contributed by atoms with E-state index in [2.05, 4.69) is 9.97 Å². The Hall–Kier alpha value is -2.64. The van der Waals surface area contributed by atoms with Crippen molar-refractivity contribution in [1.29, 1.82) is 0 Å². The summed E-state index contributed by atoms with van der Waals surface area (Å²) in [6, 6.07) is 9.70. The van der Waals surface area contributed by atoms with Gasteiger partial charge in [-0.1, -0.05) is 58.5 Å². The summed E-state index contributed by atoms with van der Waals surface area (Å²) >= 11 is 23.1. The van der Waals surface area contributed by atoms with Crippen LogP contribution < -0.4 is 0 Å². The minimum atomic E-state index is -1.10. The van der Waals surface area contributed by atoms with Crippen LogP contribution in [0.4, 0.5) is 0 Å². The number of carbonyl (C=O) groups is 2. The van der Waals surface area contributed by atoms with Crippen LogP contribution >= 0.6 is 46.4 Å². The highest BCUT2D eigenvalue weighted by Gasteiger charge is 2.15. The van der Waals surface area contributed by atoms with Crippen LogP contribution in [0.2, 0.25) is 20.1 Å². The van der Waals surface area contributed by atoms with Gasteiger partial charge in [-0.15, -0.1) is 0 Å². The third-order valence-electron chi connectivity index (χ3n) is 3.97. The van der Waals surface area contributed by atoms with Gasteiger partial charge in [-0.3, -0.25) is 9.97 Å². The first-order valence-electron chi connectivity index (χ1n) is 8.13. The van der Waals surface area contributed by atoms with E-state index >= 15 is 0 Å². The summed E-state index contributed by atoms with van der Waals surface area (Å²) in [4.78, 5) is 29.9. The van der Waals surface area contributed by atoms with Gasteiger partial charge in [-0.2, -0.15) is 0 Å². The average molecular weight is 484 g/mol. The molecule has 2 N–H and O–H groups in total. The maximum absolute atomic E-state index is 11.0. The largest absolute Gasteiger partial charge is 0.478 e. The lowest BCUT2D eigenvalue weighted by atomic mass is 10.1. The highest BCUT2D eigenvalue weighted by Crippen LogP contribution is 2.27. The Morgan fingerprint density at radius 3 is 1.37 bits per heavy atom. The van der Waals surface area contributed by atoms with Gasteiger partial charge in [-0.05, 0) is 24.3 Å². The molecule has 0 atom stereocenters. The van der Waals surface area contributed by atoms with Crippen LogP contribution in [0.25, 0.3) is 21.8 Å². The number of rotatable bonds is 2. The predicted octanol–water partition coefficient (Wildman–Crippen LogP) is 6.48. The molecular weight excluding hydrogens is 474 g/mol. The SMILES string of the molecule is O=C(O)c1c(Cl)ccc2cc(Cl)cnc12.O=C(O)c1c(Cl)ccc2cc(Cl)cnc12. The number of carboxylic acid groups (broad SMARTS) is 2. The zero-order chi connectivity index (χ0) is 22.0. The number of benzene rings is 2. The fraction of sp³-hybridized carbons (Fsp3) is 0. The second-order valence-corrected chi connectivity index (χ2v) is 7.59. The molecule has 4 rings (SSSR count). The van der Waals surface area contributed by atoms with Crippen molar-refractivity contribution < 1.29 is 19.8 Å². The zero-order valence-electron chi connectivity index (χ0n) is 14.7. The highest BCUT2D eigenvalue weighted by atomic mass is 35.5. The van der Waals surface area contributed by atoms with Crippen molar-refractivity contribution in [3.63, 3.8) is 0 Å². The van der Waals surface area contributed by atoms with Crippen molar-refractivity contribution in [2.45, 2.75) is 0 Å². The highest BCUT2D eigenvalue weighted by molar-refractivity contribution is 6.36. The first-order valence-corrected chi connectivity index (χ1v) is 9.64. The van der Waals surface area contributed by atoms with Gasteiger partial charge in [0.1, 0.15) is 11.1 Å². The number of fused-ring (bicyclic) bond motifs is 2. The summed E-state index contributed by atoms with van der Waals surface area (Å²) in [6.45, 7) is 0. The Morgan fingerprint density at radius 1 is 0.667 bits per heavy atom. The molecule has 6 nitrogen and oxygen atoms in total. The lowest BCUT2D eigenvalue weighted by Crippen LogP contribution is -2.00. The number of aromatic nitrogens is 2. The maximum Gasteiger partial charge on any atom is 0.339 e. The molecule has 2 heterocycles. The summed E-state index contributed by atoms with van der Waals surface area (Å²) in [5.41, 5.74) is 0.704. The number of carboxylic acids is 2. The first kappa shape index (κ1) is 22.1. The summed E-state index contributed by atoms with van der Waals surface area (Å²) in [5, 5.41) is 20.5. The van der Waals surface area contributed by atoms with Crippen molar-refractivity contribution in [3.05, 3.63) is 80.0 Å². The topological polar surface area (TPSA) is 100 Å². The standard InChI is InChI=1S/2C10H5Cl2NO2/c2*11-6-3-5-1-2-7(12)8(10(14)15)9(5)13-4-6/h2*1-4H,(H,14,15). The van der Waals surface area contributed by atoms with E-state index < -0.39 is 11.9 Å². The number of pyridine rings is 2. The number of nitrogens with zero attached hydrogens (tertiary/aromatic N) is 2. The second-order valence-electron chi connectivity index (χ2n) is 5.91. The van der Waals surface area contributed by atoms with E-state index in [9.17, 15) is 9.59 Å². The molecule has 0 spiro atoms. The van der Waals surface area contributed by atoms with Crippen LogP contribution in [-0.2, 0) is 0 Å². The molecule has 0 amide bonds. The number of halogens is 4. The summed E-state index contributed by atoms with van der Waals surface area (Å²) < 4.78 is 0. The Bertz CT molecular complexity index is 1210. The van der Waals surface area contributed by atoms with Crippen LogP contribution in [0, 0.1) is 0 Å². The van der Waals surface area contributed by atoms with Gasteiger partial charge in [0, 0.05) is 23.2 Å². The fourth-order valence-corrected chi connectivity index (χ4v) is 3.51. The second kappa shape index (κ2) is 9.02. The van der Waals surface area contributed by atoms with Gasteiger partial charge < -0.3 is 10.2 Å². The quantitative estimate of drug-likeness (QED) is 0.338. The van der Waals surface area contributed by atoms with Crippen molar-refractivity contribution >= 4 is 80.1 Å². The van der Waals surface area contributed by atoms with Gasteiger partial charge in [0.2, 0.25) is 0 Å². The van der Waals surface area contributed by atoms with Crippen molar-refractivity contribution in [2.75, 3.05) is 0 Å². The summed E-state index contributed by atoms with van der Waals surface area (Å²) in [5.74, 6) is -2.19. The van der Waals surface area contributed by atoms with Gasteiger partial charge in [0.25, 0.3) is 0 Å². The van der Waals surface area contributed by atoms with E-state index in [0.717, 1.165) is 0 Å². The third kappa shape index (κ3) is 4.57. The molecule has 0 fully saturated rings. The van der Waals surface area contributed by atoms with Gasteiger partial charge in [-0.25, -0.2) is 9.59 Å². The van der Waals surface area contributed by atoms with Crippen LogP contribution in [-0.4, -0.2) is 32.1 Å². The molecule has 2 aromatic heterocycles. The molecule has 0 saturated heterocycles. The van der Waals surface area contributed by atoms with Crippen LogP contribution in [0.5, 0.6) is 0 Å². The third-order valence-corrected chi connectivity index (χ3v) is 5.01. The Labute approximate surface area is 189 Å². The van der Waals surface area contributed by atoms with E-state index in [0.29, 0.717) is 31.9 Å². The molecule has 30 heavy (non-hydrogen) atoms. The first-order chi connectivity index (χ1) is 14.2. The molecule has 0 bridgehead atoms. The number of hydrogen-bond acceptors (Lipinski definition) is 4. The molecule has 0 radical (unpaired) electrons. The van der Waals surface area contributed by atoms with Crippen LogP contribution in [0.3, 0.4) is 0 Å². The van der Waals surface area contributed by atoms with Crippen molar-refractivity contribution in [2.24, 2.45) is 0 Å². The normalized spacial score (nSPS) is 10.5. The molecule has 0 aliphatic heterocycles. The molecule has 0 aliphatic carbocycles. The summed E-state index contributed by atoms with van der Waals surface area (Å²) in [7, 11) is 0. The molecule has 0 aliphatic rings. The number of aromatic carboxylic acids is 2. The minimum absolute atomic E-state index is 0.00540. The van der Waals surface area contributed by atoms with E-state index in [1.807, 2.05) is 0 Å². The minimum Gasteiger partial charge on any atom is -0.478 e. The lowest BCUT2D eigenvalue weighted by molar-refractivity contribution is 0.0688. The van der Waals surface area contributed by atoms with Gasteiger partial charge in [0.05, 0.1) is 31.1 Å². The van der Waals surface area contributed by atoms with E-state index in [-0.39, 0.29) is 21.2 Å². The molecule has 4 aromatic rings. The van der Waals surface area contributed by atoms with E-state index in [1.165, 1.54) is 24.5 Å². The van der Waals surface area contributed by atoms with Gasteiger partial charge in [0.15, 0.2) is 0 Å². The monoisotopic (exact) mass is 482 g/mol. The van der Waals surface area contributed by atoms with Gasteiger partial charge >= 0.3 is 11.9 Å². The zero-order valence-corrected chi connectivity index (χ0v) is 17.8. The predicted molar refractivity (Wildman–Crippen MR) is 117 cm³/mol. The number of hydrogen-bond donors (Lipinski definition) is 2. The van der Waals surface area contributed by atoms with Crippen molar-refractivity contribution in [1.82, 2.24) is 9.97 Å². The molecule has 0 unspecified atom stereocenters. The Balaban J connectivity index is 0.000000171. The summed E-state index contributed by atoms with van der Waals surface area (Å²) in [6.07, 6.45) is 2.79. The van der Waals surface area contributed by atoms with Crippen molar-refractivity contribution in [3.8, 4) is 0 Å². The lowest BCUT2D eigenvalue weighted by Gasteiger charge is -2.03.